The first-order valence-corrected chi connectivity index (χ1v) is 16.2. The van der Waals surface area contributed by atoms with E-state index in [-0.39, 0.29) is 23.0 Å². The van der Waals surface area contributed by atoms with Crippen LogP contribution in [0.5, 0.6) is 0 Å². The molecule has 0 spiro atoms. The zero-order valence-electron chi connectivity index (χ0n) is 27.8. The molecule has 2 heteroatoms. The minimum absolute atomic E-state index is 0.0169. The molecule has 0 saturated carbocycles. The number of hydrogen-bond donors (Lipinski definition) is 0. The Morgan fingerprint density at radius 2 is 1.05 bits per heavy atom. The van der Waals surface area contributed by atoms with Crippen molar-refractivity contribution in [2.24, 2.45) is 0 Å². The van der Waals surface area contributed by atoms with Crippen LogP contribution in [0.1, 0.15) is 79.0 Å². The van der Waals surface area contributed by atoms with E-state index >= 15 is 0 Å². The third-order valence-electron chi connectivity index (χ3n) is 9.64. The molecule has 2 heterocycles. The Kier molecular flexibility index (Phi) is 6.35. The summed E-state index contributed by atoms with van der Waals surface area (Å²) in [6.45, 7) is 21.4. The van der Waals surface area contributed by atoms with Crippen LogP contribution in [0.2, 0.25) is 0 Å². The highest BCUT2D eigenvalue weighted by molar-refractivity contribution is 7.01. The van der Waals surface area contributed by atoms with Gasteiger partial charge in [0.2, 0.25) is 6.71 Å². The average molecular weight is 574 g/mol. The molecular weight excluding hydrogens is 529 g/mol. The summed E-state index contributed by atoms with van der Waals surface area (Å²) in [4.78, 5) is 2.64. The quantitative estimate of drug-likeness (QED) is 0.186. The Hall–Kier alpha value is -4.04. The Bertz CT molecular complexity index is 1910. The maximum absolute atomic E-state index is 2.64. The van der Waals surface area contributed by atoms with E-state index in [0.717, 1.165) is 0 Å². The first kappa shape index (κ1) is 28.7. The molecule has 1 nitrogen and oxygen atoms in total. The van der Waals surface area contributed by atoms with E-state index in [1.807, 2.05) is 0 Å². The summed E-state index contributed by atoms with van der Waals surface area (Å²) in [7, 11) is 0. The molecular formula is C42H44BN. The van der Waals surface area contributed by atoms with Gasteiger partial charge in [-0.1, -0.05) is 153 Å². The Labute approximate surface area is 265 Å². The van der Waals surface area contributed by atoms with Crippen molar-refractivity contribution in [3.05, 3.63) is 120 Å². The first-order chi connectivity index (χ1) is 20.8. The maximum atomic E-state index is 2.64. The molecule has 5 aromatic carbocycles. The second-order valence-corrected chi connectivity index (χ2v) is 15.9. The molecule has 7 rings (SSSR count). The van der Waals surface area contributed by atoms with E-state index in [1.165, 1.54) is 72.4 Å². The molecule has 0 radical (unpaired) electrons. The molecule has 220 valence electrons. The predicted molar refractivity (Wildman–Crippen MR) is 193 cm³/mol. The van der Waals surface area contributed by atoms with Crippen LogP contribution in [-0.4, -0.2) is 6.71 Å². The third-order valence-corrected chi connectivity index (χ3v) is 9.64. The van der Waals surface area contributed by atoms with Crippen molar-refractivity contribution in [3.63, 3.8) is 0 Å². The zero-order chi connectivity index (χ0) is 31.2. The van der Waals surface area contributed by atoms with Gasteiger partial charge in [0.15, 0.2) is 0 Å². The molecule has 5 aromatic rings. The van der Waals surface area contributed by atoms with Gasteiger partial charge in [-0.2, -0.15) is 0 Å². The average Bonchev–Trinajstić information content (AvgIpc) is 3.31. The SMILES string of the molecule is CC(C)(C)c1ccccc1N1c2cc(-c3ccccc3)cc3c2B(c2cccc(C(C)(C)C)c2-3)c2cccc(C(C)(C)C)c21. The summed E-state index contributed by atoms with van der Waals surface area (Å²) in [6.07, 6.45) is 0. The number of hydrogen-bond acceptors (Lipinski definition) is 1. The van der Waals surface area contributed by atoms with E-state index < -0.39 is 0 Å². The monoisotopic (exact) mass is 573 g/mol. The zero-order valence-corrected chi connectivity index (χ0v) is 27.8. The molecule has 2 aliphatic rings. The highest BCUT2D eigenvalue weighted by Crippen LogP contribution is 2.49. The predicted octanol–water partition coefficient (Wildman–Crippen LogP) is 9.53. The van der Waals surface area contributed by atoms with E-state index in [1.54, 1.807) is 0 Å². The van der Waals surface area contributed by atoms with Gasteiger partial charge in [0.25, 0.3) is 0 Å². The van der Waals surface area contributed by atoms with Crippen LogP contribution in [0.25, 0.3) is 22.3 Å². The molecule has 0 atom stereocenters. The highest BCUT2D eigenvalue weighted by atomic mass is 15.2. The second-order valence-electron chi connectivity index (χ2n) is 15.9. The van der Waals surface area contributed by atoms with E-state index in [0.29, 0.717) is 0 Å². The fourth-order valence-electron chi connectivity index (χ4n) is 7.67. The van der Waals surface area contributed by atoms with Crippen molar-refractivity contribution in [3.8, 4) is 22.3 Å². The molecule has 2 aliphatic heterocycles. The van der Waals surface area contributed by atoms with Crippen molar-refractivity contribution in [2.75, 3.05) is 4.90 Å². The number of benzene rings is 5. The topological polar surface area (TPSA) is 3.24 Å². The lowest BCUT2D eigenvalue weighted by atomic mass is 9.36. The molecule has 0 aromatic heterocycles. The molecule has 0 unspecified atom stereocenters. The fraction of sp³-hybridized carbons (Fsp3) is 0.286. The largest absolute Gasteiger partial charge is 0.311 e. The highest BCUT2D eigenvalue weighted by Gasteiger charge is 2.46. The van der Waals surface area contributed by atoms with Gasteiger partial charge >= 0.3 is 0 Å². The summed E-state index contributed by atoms with van der Waals surface area (Å²) < 4.78 is 0. The van der Waals surface area contributed by atoms with Gasteiger partial charge in [0.05, 0.1) is 0 Å². The van der Waals surface area contributed by atoms with Gasteiger partial charge in [-0.05, 0) is 84.3 Å². The van der Waals surface area contributed by atoms with Gasteiger partial charge in [-0.3, -0.25) is 0 Å². The van der Waals surface area contributed by atoms with Crippen LogP contribution in [0, 0.1) is 0 Å². The molecule has 0 N–H and O–H groups in total. The van der Waals surface area contributed by atoms with E-state index in [9.17, 15) is 0 Å². The van der Waals surface area contributed by atoms with Gasteiger partial charge in [0, 0.05) is 17.1 Å². The summed E-state index contributed by atoms with van der Waals surface area (Å²) in [5.41, 5.74) is 17.7. The second kappa shape index (κ2) is 9.73. The Balaban J connectivity index is 1.68. The van der Waals surface area contributed by atoms with Crippen LogP contribution in [0.15, 0.2) is 103 Å². The third kappa shape index (κ3) is 4.37. The van der Waals surface area contributed by atoms with Gasteiger partial charge in [-0.25, -0.2) is 0 Å². The number of rotatable bonds is 2. The molecule has 0 amide bonds. The summed E-state index contributed by atoms with van der Waals surface area (Å²) in [5.74, 6) is 0. The van der Waals surface area contributed by atoms with Crippen LogP contribution in [-0.2, 0) is 16.2 Å². The molecule has 0 saturated heterocycles. The number of nitrogens with zero attached hydrogens (tertiary/aromatic N) is 1. The molecule has 44 heavy (non-hydrogen) atoms. The maximum Gasteiger partial charge on any atom is 0.248 e. The molecule has 0 aliphatic carbocycles. The Morgan fingerprint density at radius 1 is 0.477 bits per heavy atom. The van der Waals surface area contributed by atoms with E-state index in [2.05, 4.69) is 170 Å². The van der Waals surface area contributed by atoms with Crippen molar-refractivity contribution >= 4 is 40.2 Å². The molecule has 0 fully saturated rings. The van der Waals surface area contributed by atoms with Crippen molar-refractivity contribution in [1.82, 2.24) is 0 Å². The fourth-order valence-corrected chi connectivity index (χ4v) is 7.67. The lowest BCUT2D eigenvalue weighted by Gasteiger charge is -2.41. The standard InChI is InChI=1S/C42H44BN/c1-40(2,3)30-19-13-14-24-35(30)44-36-26-28(27-17-11-10-12-18-27)25-29-37-31(41(4,5)6)20-15-22-33(37)43(38(29)36)34-23-16-21-32(39(34)44)42(7,8)9/h10-26H,1-9H3. The van der Waals surface area contributed by atoms with Crippen LogP contribution >= 0.6 is 0 Å². The van der Waals surface area contributed by atoms with Crippen molar-refractivity contribution in [2.45, 2.75) is 78.6 Å². The summed E-state index contributed by atoms with van der Waals surface area (Å²) >= 11 is 0. The van der Waals surface area contributed by atoms with Crippen molar-refractivity contribution < 1.29 is 0 Å². The van der Waals surface area contributed by atoms with Crippen LogP contribution in [0.3, 0.4) is 0 Å². The number of fused-ring (bicyclic) bond motifs is 5. The van der Waals surface area contributed by atoms with Gasteiger partial charge in [-0.15, -0.1) is 0 Å². The van der Waals surface area contributed by atoms with Crippen LogP contribution in [0.4, 0.5) is 17.1 Å². The van der Waals surface area contributed by atoms with Gasteiger partial charge < -0.3 is 4.90 Å². The number of para-hydroxylation sites is 2. The minimum atomic E-state index is -0.0354. The van der Waals surface area contributed by atoms with Crippen LogP contribution < -0.4 is 21.3 Å². The Morgan fingerprint density at radius 3 is 1.70 bits per heavy atom. The summed E-state index contributed by atoms with van der Waals surface area (Å²) in [5, 5.41) is 0. The summed E-state index contributed by atoms with van der Waals surface area (Å²) in [6, 6.07) is 39.1. The van der Waals surface area contributed by atoms with Gasteiger partial charge in [0.1, 0.15) is 0 Å². The lowest BCUT2D eigenvalue weighted by Crippen LogP contribution is -2.55. The molecule has 0 bridgehead atoms. The van der Waals surface area contributed by atoms with E-state index in [4.69, 9.17) is 0 Å². The lowest BCUT2D eigenvalue weighted by molar-refractivity contribution is 0.587. The first-order valence-electron chi connectivity index (χ1n) is 16.2. The van der Waals surface area contributed by atoms with Crippen molar-refractivity contribution in [1.29, 1.82) is 0 Å². The minimum Gasteiger partial charge on any atom is -0.311 e. The smallest absolute Gasteiger partial charge is 0.248 e. The number of anilines is 3. The normalized spacial score (nSPS) is 13.9.